The average molecular weight is 535 g/mol. The first-order chi connectivity index (χ1) is 18.4. The number of nitrogens with zero attached hydrogens (tertiary/aromatic N) is 5. The van der Waals surface area contributed by atoms with Crippen LogP contribution in [0.5, 0.6) is 5.75 Å². The Morgan fingerprint density at radius 3 is 2.03 bits per heavy atom. The molecule has 2 rings (SSSR count). The average Bonchev–Trinajstić information content (AvgIpc) is 2.92. The van der Waals surface area contributed by atoms with Crippen LogP contribution in [0.1, 0.15) is 5.82 Å². The van der Waals surface area contributed by atoms with Crippen molar-refractivity contribution in [2.75, 3.05) is 72.4 Å². The first-order valence-corrected chi connectivity index (χ1v) is 11.9. The lowest BCUT2D eigenvalue weighted by molar-refractivity contribution is -0.136. The van der Waals surface area contributed by atoms with E-state index >= 15 is 0 Å². The maximum atomic E-state index is 12.1. The summed E-state index contributed by atoms with van der Waals surface area (Å²) in [4.78, 5) is 35.7. The number of rotatable bonds is 19. The number of carbonyl (C=O) groups excluding carboxylic acids is 3. The number of aromatic nitrogens is 4. The number of aryl methyl sites for hydroxylation is 1. The van der Waals surface area contributed by atoms with Gasteiger partial charge in [0.25, 0.3) is 0 Å². The summed E-state index contributed by atoms with van der Waals surface area (Å²) in [7, 11) is 0. The third-order valence-electron chi connectivity index (χ3n) is 4.76. The monoisotopic (exact) mass is 534 g/mol. The fourth-order valence-electron chi connectivity index (χ4n) is 2.87. The molecule has 5 N–H and O–H groups in total. The topological polar surface area (TPSA) is 207 Å². The van der Waals surface area contributed by atoms with Gasteiger partial charge in [-0.1, -0.05) is 0 Å². The van der Waals surface area contributed by atoms with E-state index in [9.17, 15) is 14.4 Å². The fraction of sp³-hybridized carbons (Fsp3) is 0.522. The number of primary amides is 1. The molecule has 0 saturated carbocycles. The van der Waals surface area contributed by atoms with Crippen LogP contribution >= 0.6 is 0 Å². The zero-order valence-electron chi connectivity index (χ0n) is 21.3. The van der Waals surface area contributed by atoms with Crippen LogP contribution in [-0.2, 0) is 28.6 Å². The molecular formula is C23H34N8O7. The minimum atomic E-state index is -0.668. The van der Waals surface area contributed by atoms with Crippen LogP contribution in [-0.4, -0.2) is 115 Å². The van der Waals surface area contributed by atoms with Crippen molar-refractivity contribution in [2.45, 2.75) is 6.92 Å². The molecule has 0 fully saturated rings. The molecule has 0 radical (unpaired) electrons. The molecule has 38 heavy (non-hydrogen) atoms. The zero-order chi connectivity index (χ0) is 27.6. The van der Waals surface area contributed by atoms with Gasteiger partial charge in [-0.3, -0.25) is 14.4 Å². The van der Waals surface area contributed by atoms with E-state index in [-0.39, 0.29) is 32.8 Å². The summed E-state index contributed by atoms with van der Waals surface area (Å²) >= 11 is 0. The van der Waals surface area contributed by atoms with Gasteiger partial charge in [0, 0.05) is 12.1 Å². The Balaban J connectivity index is 1.48. The molecule has 208 valence electrons. The van der Waals surface area contributed by atoms with E-state index in [2.05, 4.69) is 25.7 Å². The van der Waals surface area contributed by atoms with Crippen molar-refractivity contribution in [3.8, 4) is 17.1 Å². The number of hydrogen-bond donors (Lipinski definition) is 3. The molecule has 15 heteroatoms. The minimum absolute atomic E-state index is 0.139. The Morgan fingerprint density at radius 1 is 0.868 bits per heavy atom. The normalized spacial score (nSPS) is 10.7. The smallest absolute Gasteiger partial charge is 0.242 e. The van der Waals surface area contributed by atoms with Gasteiger partial charge in [0.15, 0.2) is 5.82 Å². The van der Waals surface area contributed by atoms with Crippen LogP contribution in [0, 0.1) is 6.92 Å². The highest BCUT2D eigenvalue weighted by atomic mass is 16.6. The number of benzene rings is 1. The van der Waals surface area contributed by atoms with E-state index in [0.717, 1.165) is 5.56 Å². The Labute approximate surface area is 220 Å². The number of ether oxygens (including phenoxy) is 4. The Kier molecular flexibility index (Phi) is 14.1. The van der Waals surface area contributed by atoms with Gasteiger partial charge in [-0.05, 0) is 31.2 Å². The van der Waals surface area contributed by atoms with E-state index in [1.54, 1.807) is 6.92 Å². The van der Waals surface area contributed by atoms with Gasteiger partial charge in [-0.15, -0.1) is 20.4 Å². The molecule has 0 aliphatic carbocycles. The van der Waals surface area contributed by atoms with Crippen LogP contribution < -0.4 is 21.5 Å². The van der Waals surface area contributed by atoms with Gasteiger partial charge in [-0.25, -0.2) is 0 Å². The molecule has 0 spiro atoms. The zero-order valence-corrected chi connectivity index (χ0v) is 21.3. The predicted octanol–water partition coefficient (Wildman–Crippen LogP) is -1.94. The fourth-order valence-corrected chi connectivity index (χ4v) is 2.87. The second kappa shape index (κ2) is 17.6. The molecular weight excluding hydrogens is 500 g/mol. The van der Waals surface area contributed by atoms with E-state index < -0.39 is 17.7 Å². The molecule has 0 atom stereocenters. The van der Waals surface area contributed by atoms with Crippen molar-refractivity contribution < 1.29 is 33.3 Å². The van der Waals surface area contributed by atoms with Crippen LogP contribution in [0.15, 0.2) is 24.3 Å². The summed E-state index contributed by atoms with van der Waals surface area (Å²) in [5.74, 6) is 0.0421. The second-order valence-corrected chi connectivity index (χ2v) is 7.74. The SMILES string of the molecule is Cc1nnc(-c2ccc(OCCOCCOCCOCCN(CC(N)=O)C(=O)CNC(=O)CN)cc2)nn1. The molecule has 2 aromatic rings. The summed E-state index contributed by atoms with van der Waals surface area (Å²) in [5.41, 5.74) is 11.1. The lowest BCUT2D eigenvalue weighted by Crippen LogP contribution is -2.46. The molecule has 1 heterocycles. The lowest BCUT2D eigenvalue weighted by Gasteiger charge is -2.21. The molecule has 0 bridgehead atoms. The summed E-state index contributed by atoms with van der Waals surface area (Å²) in [6, 6.07) is 7.28. The van der Waals surface area contributed by atoms with E-state index in [1.807, 2.05) is 24.3 Å². The molecule has 3 amide bonds. The predicted molar refractivity (Wildman–Crippen MR) is 134 cm³/mol. The first kappa shape index (κ1) is 30.4. The van der Waals surface area contributed by atoms with Crippen molar-refractivity contribution in [1.82, 2.24) is 30.6 Å². The minimum Gasteiger partial charge on any atom is -0.491 e. The molecule has 0 aliphatic rings. The highest BCUT2D eigenvalue weighted by molar-refractivity contribution is 5.88. The third-order valence-corrected chi connectivity index (χ3v) is 4.76. The second-order valence-electron chi connectivity index (χ2n) is 7.74. The molecule has 0 aliphatic heterocycles. The number of carbonyl (C=O) groups is 3. The van der Waals surface area contributed by atoms with Crippen molar-refractivity contribution in [3.63, 3.8) is 0 Å². The maximum Gasteiger partial charge on any atom is 0.242 e. The van der Waals surface area contributed by atoms with E-state index in [1.165, 1.54) is 4.90 Å². The Hall–Kier alpha value is -3.79. The molecule has 1 aromatic carbocycles. The summed E-state index contributed by atoms with van der Waals surface area (Å²) in [5, 5.41) is 18.1. The van der Waals surface area contributed by atoms with Gasteiger partial charge in [0.2, 0.25) is 23.5 Å². The number of nitrogens with two attached hydrogens (primary N) is 2. The van der Waals surface area contributed by atoms with Crippen LogP contribution in [0.3, 0.4) is 0 Å². The molecule has 15 nitrogen and oxygen atoms in total. The van der Waals surface area contributed by atoms with Crippen molar-refractivity contribution in [1.29, 1.82) is 0 Å². The van der Waals surface area contributed by atoms with Crippen LogP contribution in [0.2, 0.25) is 0 Å². The molecule has 0 unspecified atom stereocenters. The number of nitrogens with one attached hydrogen (secondary N) is 1. The van der Waals surface area contributed by atoms with Gasteiger partial charge < -0.3 is 40.6 Å². The van der Waals surface area contributed by atoms with Gasteiger partial charge >= 0.3 is 0 Å². The molecule has 1 aromatic heterocycles. The van der Waals surface area contributed by atoms with E-state index in [0.29, 0.717) is 57.0 Å². The van der Waals surface area contributed by atoms with Gasteiger partial charge in [-0.2, -0.15) is 0 Å². The summed E-state index contributed by atoms with van der Waals surface area (Å²) < 4.78 is 22.0. The Morgan fingerprint density at radius 2 is 1.45 bits per heavy atom. The number of hydrogen-bond acceptors (Lipinski definition) is 12. The lowest BCUT2D eigenvalue weighted by atomic mass is 10.2. The van der Waals surface area contributed by atoms with Crippen molar-refractivity contribution in [2.24, 2.45) is 11.5 Å². The Bertz CT molecular complexity index is 992. The quantitative estimate of drug-likeness (QED) is 0.168. The van der Waals surface area contributed by atoms with Crippen LogP contribution in [0.4, 0.5) is 0 Å². The first-order valence-electron chi connectivity index (χ1n) is 11.9. The van der Waals surface area contributed by atoms with Gasteiger partial charge in [0.05, 0.1) is 59.3 Å². The third kappa shape index (κ3) is 12.4. The van der Waals surface area contributed by atoms with Crippen molar-refractivity contribution in [3.05, 3.63) is 30.1 Å². The maximum absolute atomic E-state index is 12.1. The highest BCUT2D eigenvalue weighted by Crippen LogP contribution is 2.18. The highest BCUT2D eigenvalue weighted by Gasteiger charge is 2.16. The molecule has 0 saturated heterocycles. The van der Waals surface area contributed by atoms with Crippen LogP contribution in [0.25, 0.3) is 11.4 Å². The summed E-state index contributed by atoms with van der Waals surface area (Å²) in [6.07, 6.45) is 0. The van der Waals surface area contributed by atoms with Crippen molar-refractivity contribution >= 4 is 17.7 Å². The summed E-state index contributed by atoms with van der Waals surface area (Å²) in [6.45, 7) is 3.42. The van der Waals surface area contributed by atoms with E-state index in [4.69, 9.17) is 30.4 Å². The number of amides is 3. The largest absolute Gasteiger partial charge is 0.491 e. The standard InChI is InChI=1S/C23H34N8O7/c1-17-27-29-23(30-28-17)18-2-4-19(5-3-18)38-13-12-37-11-10-36-9-8-35-7-6-31(16-20(25)32)22(34)15-26-21(33)14-24/h2-5H,6-16,24H2,1H3,(H2,25,32)(H,26,33). The van der Waals surface area contributed by atoms with Gasteiger partial charge in [0.1, 0.15) is 12.4 Å².